The first-order valence-corrected chi connectivity index (χ1v) is 7.17. The van der Waals surface area contributed by atoms with E-state index in [2.05, 4.69) is 22.1 Å². The SMILES string of the molecule is CCCN1CCN(Cc2csc(C=O)c2)CC1. The summed E-state index contributed by atoms with van der Waals surface area (Å²) in [5.41, 5.74) is 1.28. The Balaban J connectivity index is 1.79. The number of carbonyl (C=O) groups excluding carboxylic acids is 1. The molecule has 0 saturated carbocycles. The molecule has 2 heterocycles. The maximum atomic E-state index is 10.6. The van der Waals surface area contributed by atoms with Crippen molar-refractivity contribution in [3.8, 4) is 0 Å². The van der Waals surface area contributed by atoms with Crippen molar-refractivity contribution < 1.29 is 4.79 Å². The maximum absolute atomic E-state index is 10.6. The lowest BCUT2D eigenvalue weighted by atomic mass is 10.2. The van der Waals surface area contributed by atoms with Gasteiger partial charge in [-0.1, -0.05) is 6.92 Å². The van der Waals surface area contributed by atoms with Gasteiger partial charge in [-0.05, 0) is 30.0 Å². The molecule has 0 unspecified atom stereocenters. The zero-order valence-corrected chi connectivity index (χ0v) is 11.2. The standard InChI is InChI=1S/C13H20N2OS/c1-2-3-14-4-6-15(7-5-14)9-12-8-13(10-16)17-11-12/h8,10-11H,2-7,9H2,1H3. The minimum absolute atomic E-state index is 0.838. The Kier molecular flexibility index (Phi) is 4.71. The van der Waals surface area contributed by atoms with Crippen LogP contribution in [-0.4, -0.2) is 48.8 Å². The van der Waals surface area contributed by atoms with Gasteiger partial charge in [0.05, 0.1) is 4.88 Å². The second-order valence-corrected chi connectivity index (χ2v) is 5.54. The lowest BCUT2D eigenvalue weighted by Gasteiger charge is -2.34. The van der Waals surface area contributed by atoms with Crippen molar-refractivity contribution >= 4 is 17.6 Å². The van der Waals surface area contributed by atoms with Crippen LogP contribution >= 0.6 is 11.3 Å². The van der Waals surface area contributed by atoms with E-state index < -0.39 is 0 Å². The summed E-state index contributed by atoms with van der Waals surface area (Å²) in [6.07, 6.45) is 2.18. The number of rotatable bonds is 5. The average molecular weight is 252 g/mol. The van der Waals surface area contributed by atoms with Crippen molar-refractivity contribution in [1.82, 2.24) is 9.80 Å². The number of carbonyl (C=O) groups is 1. The molecule has 0 N–H and O–H groups in total. The number of nitrogens with zero attached hydrogens (tertiary/aromatic N) is 2. The summed E-state index contributed by atoms with van der Waals surface area (Å²) >= 11 is 1.54. The second kappa shape index (κ2) is 6.28. The fourth-order valence-corrected chi connectivity index (χ4v) is 2.99. The van der Waals surface area contributed by atoms with E-state index in [0.29, 0.717) is 0 Å². The predicted octanol–water partition coefficient (Wildman–Crippen LogP) is 2.09. The molecule has 0 radical (unpaired) electrons. The van der Waals surface area contributed by atoms with Crippen LogP contribution < -0.4 is 0 Å². The molecule has 0 spiro atoms. The lowest BCUT2D eigenvalue weighted by Crippen LogP contribution is -2.45. The van der Waals surface area contributed by atoms with E-state index in [9.17, 15) is 4.79 Å². The van der Waals surface area contributed by atoms with Gasteiger partial charge in [-0.25, -0.2) is 0 Å². The van der Waals surface area contributed by atoms with Crippen LogP contribution in [0.2, 0.25) is 0 Å². The molecule has 17 heavy (non-hydrogen) atoms. The van der Waals surface area contributed by atoms with Gasteiger partial charge in [0.2, 0.25) is 0 Å². The fraction of sp³-hybridized carbons (Fsp3) is 0.615. The minimum atomic E-state index is 0.838. The first-order chi connectivity index (χ1) is 8.31. The largest absolute Gasteiger partial charge is 0.301 e. The number of piperazine rings is 1. The first kappa shape index (κ1) is 12.7. The first-order valence-electron chi connectivity index (χ1n) is 6.29. The van der Waals surface area contributed by atoms with E-state index in [0.717, 1.165) is 30.8 Å². The van der Waals surface area contributed by atoms with Gasteiger partial charge in [0.25, 0.3) is 0 Å². The van der Waals surface area contributed by atoms with E-state index in [-0.39, 0.29) is 0 Å². The number of aldehydes is 1. The molecule has 1 aromatic rings. The smallest absolute Gasteiger partial charge is 0.160 e. The van der Waals surface area contributed by atoms with Crippen LogP contribution in [0.1, 0.15) is 28.6 Å². The molecule has 1 fully saturated rings. The Morgan fingerprint density at radius 3 is 2.59 bits per heavy atom. The summed E-state index contributed by atoms with van der Waals surface area (Å²) in [5.74, 6) is 0. The summed E-state index contributed by atoms with van der Waals surface area (Å²) < 4.78 is 0. The third-order valence-electron chi connectivity index (χ3n) is 3.20. The van der Waals surface area contributed by atoms with Gasteiger partial charge in [0, 0.05) is 32.7 Å². The molecular formula is C13H20N2OS. The maximum Gasteiger partial charge on any atom is 0.160 e. The Morgan fingerprint density at radius 2 is 2.00 bits per heavy atom. The number of thiophene rings is 1. The molecule has 0 amide bonds. The van der Waals surface area contributed by atoms with Gasteiger partial charge < -0.3 is 4.90 Å². The van der Waals surface area contributed by atoms with Gasteiger partial charge in [0.1, 0.15) is 0 Å². The van der Waals surface area contributed by atoms with Crippen molar-refractivity contribution in [3.05, 3.63) is 21.9 Å². The van der Waals surface area contributed by atoms with Crippen LogP contribution in [-0.2, 0) is 6.54 Å². The van der Waals surface area contributed by atoms with Crippen molar-refractivity contribution in [2.75, 3.05) is 32.7 Å². The highest BCUT2D eigenvalue weighted by Crippen LogP contribution is 2.15. The molecule has 0 aromatic carbocycles. The molecule has 0 atom stereocenters. The molecular weight excluding hydrogens is 232 g/mol. The molecule has 4 heteroatoms. The summed E-state index contributed by atoms with van der Waals surface area (Å²) in [6, 6.07) is 2.01. The molecule has 1 aromatic heterocycles. The topological polar surface area (TPSA) is 23.6 Å². The van der Waals surface area contributed by atoms with Crippen LogP contribution in [0.5, 0.6) is 0 Å². The van der Waals surface area contributed by atoms with Crippen molar-refractivity contribution in [2.45, 2.75) is 19.9 Å². The zero-order chi connectivity index (χ0) is 12.1. The molecule has 3 nitrogen and oxygen atoms in total. The quantitative estimate of drug-likeness (QED) is 0.750. The van der Waals surface area contributed by atoms with Crippen LogP contribution in [0, 0.1) is 0 Å². The van der Waals surface area contributed by atoms with E-state index in [1.54, 1.807) is 11.3 Å². The highest BCUT2D eigenvalue weighted by Gasteiger charge is 2.16. The van der Waals surface area contributed by atoms with E-state index >= 15 is 0 Å². The Bertz CT molecular complexity index is 356. The normalized spacial score (nSPS) is 18.4. The average Bonchev–Trinajstić information content (AvgIpc) is 2.80. The summed E-state index contributed by atoms with van der Waals surface area (Å²) in [4.78, 5) is 16.5. The van der Waals surface area contributed by atoms with Gasteiger partial charge in [-0.2, -0.15) is 0 Å². The van der Waals surface area contributed by atoms with Gasteiger partial charge in [-0.15, -0.1) is 11.3 Å². The highest BCUT2D eigenvalue weighted by molar-refractivity contribution is 7.11. The number of hydrogen-bond acceptors (Lipinski definition) is 4. The Hall–Kier alpha value is -0.710. The fourth-order valence-electron chi connectivity index (χ4n) is 2.28. The van der Waals surface area contributed by atoms with Crippen LogP contribution in [0.3, 0.4) is 0 Å². The molecule has 0 aliphatic carbocycles. The molecule has 2 rings (SSSR count). The van der Waals surface area contributed by atoms with Gasteiger partial charge in [-0.3, -0.25) is 9.69 Å². The van der Waals surface area contributed by atoms with Crippen LogP contribution in [0.4, 0.5) is 0 Å². The molecule has 0 bridgehead atoms. The molecule has 1 saturated heterocycles. The Morgan fingerprint density at radius 1 is 1.29 bits per heavy atom. The van der Waals surface area contributed by atoms with Crippen LogP contribution in [0.15, 0.2) is 11.4 Å². The zero-order valence-electron chi connectivity index (χ0n) is 10.4. The van der Waals surface area contributed by atoms with E-state index in [1.165, 1.54) is 31.6 Å². The van der Waals surface area contributed by atoms with Crippen molar-refractivity contribution in [1.29, 1.82) is 0 Å². The van der Waals surface area contributed by atoms with Gasteiger partial charge >= 0.3 is 0 Å². The Labute approximate surface area is 107 Å². The number of hydrogen-bond donors (Lipinski definition) is 0. The lowest BCUT2D eigenvalue weighted by molar-refractivity contribution is 0.112. The summed E-state index contributed by atoms with van der Waals surface area (Å²) in [7, 11) is 0. The third-order valence-corrected chi connectivity index (χ3v) is 4.11. The minimum Gasteiger partial charge on any atom is -0.301 e. The van der Waals surface area contributed by atoms with Crippen molar-refractivity contribution in [3.63, 3.8) is 0 Å². The van der Waals surface area contributed by atoms with Gasteiger partial charge in [0.15, 0.2) is 6.29 Å². The third kappa shape index (κ3) is 3.63. The van der Waals surface area contributed by atoms with E-state index in [1.807, 2.05) is 6.07 Å². The summed E-state index contributed by atoms with van der Waals surface area (Å²) in [6.45, 7) is 9.10. The van der Waals surface area contributed by atoms with Crippen LogP contribution in [0.25, 0.3) is 0 Å². The second-order valence-electron chi connectivity index (χ2n) is 4.59. The molecule has 1 aliphatic heterocycles. The highest BCUT2D eigenvalue weighted by atomic mass is 32.1. The predicted molar refractivity (Wildman–Crippen MR) is 71.7 cm³/mol. The monoisotopic (exact) mass is 252 g/mol. The van der Waals surface area contributed by atoms with E-state index in [4.69, 9.17) is 0 Å². The molecule has 1 aliphatic rings. The summed E-state index contributed by atoms with van der Waals surface area (Å²) in [5, 5.41) is 2.10. The molecule has 94 valence electrons. The van der Waals surface area contributed by atoms with Crippen molar-refractivity contribution in [2.24, 2.45) is 0 Å².